The second kappa shape index (κ2) is 4.62. The molecule has 0 amide bonds. The lowest BCUT2D eigenvalue weighted by Crippen LogP contribution is -2.37. The van der Waals surface area contributed by atoms with Gasteiger partial charge < -0.3 is 10.5 Å². The summed E-state index contributed by atoms with van der Waals surface area (Å²) in [6.45, 7) is 6.41. The number of methoxy groups -OCH3 is 1. The maximum absolute atomic E-state index is 6.09. The summed E-state index contributed by atoms with van der Waals surface area (Å²) in [7, 11) is 1.62. The molecule has 15 heavy (non-hydrogen) atoms. The number of pyridine rings is 1. The number of hydrogen-bond acceptors (Lipinski definition) is 3. The molecule has 0 aromatic carbocycles. The highest BCUT2D eigenvalue weighted by atomic mass is 16.5. The normalized spacial score (nSPS) is 13.7. The summed E-state index contributed by atoms with van der Waals surface area (Å²) in [5.74, 6) is 0.647. The highest BCUT2D eigenvalue weighted by Gasteiger charge is 2.21. The summed E-state index contributed by atoms with van der Waals surface area (Å²) in [4.78, 5) is 4.34. The molecule has 1 aromatic rings. The van der Waals surface area contributed by atoms with E-state index in [0.29, 0.717) is 5.88 Å². The molecule has 3 nitrogen and oxygen atoms in total. The molecule has 0 bridgehead atoms. The third-order valence-electron chi connectivity index (χ3n) is 2.53. The van der Waals surface area contributed by atoms with Crippen LogP contribution in [-0.2, 0) is 6.42 Å². The molecule has 1 heterocycles. The Hall–Kier alpha value is -1.09. The smallest absolute Gasteiger partial charge is 0.213 e. The number of nitrogens with two attached hydrogens (primary N) is 1. The molecule has 2 N–H and O–H groups in total. The van der Waals surface area contributed by atoms with Crippen LogP contribution in [0, 0.1) is 5.41 Å². The lowest BCUT2D eigenvalue weighted by Gasteiger charge is -2.26. The van der Waals surface area contributed by atoms with E-state index < -0.39 is 0 Å². The summed E-state index contributed by atoms with van der Waals surface area (Å²) in [6, 6.07) is 5.87. The van der Waals surface area contributed by atoms with Crippen molar-refractivity contribution in [2.75, 3.05) is 7.11 Å². The van der Waals surface area contributed by atoms with E-state index in [1.54, 1.807) is 7.11 Å². The van der Waals surface area contributed by atoms with E-state index in [0.717, 1.165) is 12.1 Å². The Morgan fingerprint density at radius 3 is 2.60 bits per heavy atom. The van der Waals surface area contributed by atoms with Gasteiger partial charge in [0, 0.05) is 24.2 Å². The summed E-state index contributed by atoms with van der Waals surface area (Å²) in [6.07, 6.45) is 0.778. The largest absolute Gasteiger partial charge is 0.481 e. The molecule has 1 atom stereocenters. The van der Waals surface area contributed by atoms with Gasteiger partial charge in [0.1, 0.15) is 0 Å². The van der Waals surface area contributed by atoms with E-state index >= 15 is 0 Å². The van der Waals surface area contributed by atoms with Gasteiger partial charge in [0.15, 0.2) is 0 Å². The Morgan fingerprint density at radius 1 is 1.40 bits per heavy atom. The summed E-state index contributed by atoms with van der Waals surface area (Å²) in [5, 5.41) is 0. The summed E-state index contributed by atoms with van der Waals surface area (Å²) < 4.78 is 5.07. The average molecular weight is 208 g/mol. The van der Waals surface area contributed by atoms with E-state index in [9.17, 15) is 0 Å². The topological polar surface area (TPSA) is 48.1 Å². The van der Waals surface area contributed by atoms with Gasteiger partial charge in [-0.15, -0.1) is 0 Å². The van der Waals surface area contributed by atoms with E-state index in [-0.39, 0.29) is 11.5 Å². The van der Waals surface area contributed by atoms with Crippen LogP contribution in [0.5, 0.6) is 5.88 Å². The van der Waals surface area contributed by atoms with Gasteiger partial charge in [-0.05, 0) is 11.5 Å². The molecule has 1 aromatic heterocycles. The van der Waals surface area contributed by atoms with Crippen LogP contribution in [0.15, 0.2) is 18.2 Å². The fourth-order valence-electron chi connectivity index (χ4n) is 1.22. The zero-order chi connectivity index (χ0) is 11.5. The van der Waals surface area contributed by atoms with Crippen molar-refractivity contribution in [2.45, 2.75) is 33.2 Å². The molecule has 84 valence electrons. The quantitative estimate of drug-likeness (QED) is 0.826. The van der Waals surface area contributed by atoms with Crippen molar-refractivity contribution in [2.24, 2.45) is 11.1 Å². The average Bonchev–Trinajstić information content (AvgIpc) is 2.16. The number of hydrogen-bond donors (Lipinski definition) is 1. The van der Waals surface area contributed by atoms with Gasteiger partial charge in [0.2, 0.25) is 5.88 Å². The van der Waals surface area contributed by atoms with Crippen LogP contribution < -0.4 is 10.5 Å². The van der Waals surface area contributed by atoms with Gasteiger partial charge >= 0.3 is 0 Å². The molecule has 1 unspecified atom stereocenters. The van der Waals surface area contributed by atoms with Crippen LogP contribution in [0.4, 0.5) is 0 Å². The first kappa shape index (κ1) is 12.0. The minimum absolute atomic E-state index is 0.102. The lowest BCUT2D eigenvalue weighted by atomic mass is 9.85. The molecular formula is C12H20N2O. The predicted molar refractivity (Wildman–Crippen MR) is 61.9 cm³/mol. The fraction of sp³-hybridized carbons (Fsp3) is 0.583. The third-order valence-corrected chi connectivity index (χ3v) is 2.53. The molecule has 0 fully saturated rings. The van der Waals surface area contributed by atoms with Crippen molar-refractivity contribution in [1.82, 2.24) is 4.98 Å². The Kier molecular flexibility index (Phi) is 3.69. The Labute approximate surface area is 91.7 Å². The molecule has 3 heteroatoms. The summed E-state index contributed by atoms with van der Waals surface area (Å²) in [5.41, 5.74) is 7.18. The first-order valence-electron chi connectivity index (χ1n) is 5.19. The molecule has 1 rings (SSSR count). The predicted octanol–water partition coefficient (Wildman–Crippen LogP) is 2.01. The van der Waals surface area contributed by atoms with Crippen LogP contribution in [0.2, 0.25) is 0 Å². The van der Waals surface area contributed by atoms with E-state index in [2.05, 4.69) is 25.8 Å². The van der Waals surface area contributed by atoms with Gasteiger partial charge in [0.25, 0.3) is 0 Å². The van der Waals surface area contributed by atoms with E-state index in [1.165, 1.54) is 0 Å². The fourth-order valence-corrected chi connectivity index (χ4v) is 1.22. The minimum atomic E-state index is 0.102. The molecule has 0 aliphatic heterocycles. The SMILES string of the molecule is COc1cccc(CC(N)C(C)(C)C)n1. The van der Waals surface area contributed by atoms with Crippen molar-refractivity contribution >= 4 is 0 Å². The summed E-state index contributed by atoms with van der Waals surface area (Å²) >= 11 is 0. The van der Waals surface area contributed by atoms with E-state index in [4.69, 9.17) is 10.5 Å². The van der Waals surface area contributed by atoms with Crippen molar-refractivity contribution in [1.29, 1.82) is 0 Å². The Bertz CT molecular complexity index is 318. The second-order valence-electron chi connectivity index (χ2n) is 4.85. The molecule has 0 saturated heterocycles. The Morgan fingerprint density at radius 2 is 2.07 bits per heavy atom. The van der Waals surface area contributed by atoms with Crippen molar-refractivity contribution in [3.63, 3.8) is 0 Å². The first-order valence-corrected chi connectivity index (χ1v) is 5.19. The van der Waals surface area contributed by atoms with Crippen molar-refractivity contribution < 1.29 is 4.74 Å². The zero-order valence-electron chi connectivity index (χ0n) is 9.95. The van der Waals surface area contributed by atoms with E-state index in [1.807, 2.05) is 18.2 Å². The van der Waals surface area contributed by atoms with Crippen LogP contribution in [0.25, 0.3) is 0 Å². The van der Waals surface area contributed by atoms with Gasteiger partial charge in [-0.2, -0.15) is 0 Å². The monoisotopic (exact) mass is 208 g/mol. The highest BCUT2D eigenvalue weighted by Crippen LogP contribution is 2.20. The molecule has 0 saturated carbocycles. The zero-order valence-corrected chi connectivity index (χ0v) is 9.95. The van der Waals surface area contributed by atoms with Crippen molar-refractivity contribution in [3.8, 4) is 5.88 Å². The second-order valence-corrected chi connectivity index (χ2v) is 4.85. The van der Waals surface area contributed by atoms with Crippen LogP contribution in [0.1, 0.15) is 26.5 Å². The maximum Gasteiger partial charge on any atom is 0.213 e. The van der Waals surface area contributed by atoms with Crippen LogP contribution in [-0.4, -0.2) is 18.1 Å². The highest BCUT2D eigenvalue weighted by molar-refractivity contribution is 5.16. The van der Waals surface area contributed by atoms with Gasteiger partial charge in [-0.3, -0.25) is 0 Å². The minimum Gasteiger partial charge on any atom is -0.481 e. The van der Waals surface area contributed by atoms with Crippen molar-refractivity contribution in [3.05, 3.63) is 23.9 Å². The maximum atomic E-state index is 6.09. The molecule has 0 spiro atoms. The number of ether oxygens (including phenoxy) is 1. The number of nitrogens with zero attached hydrogens (tertiary/aromatic N) is 1. The molecular weight excluding hydrogens is 188 g/mol. The molecule has 0 aliphatic rings. The lowest BCUT2D eigenvalue weighted by molar-refractivity contribution is 0.315. The molecule has 0 aliphatic carbocycles. The third kappa shape index (κ3) is 3.51. The first-order chi connectivity index (χ1) is 6.93. The number of rotatable bonds is 3. The van der Waals surface area contributed by atoms with Gasteiger partial charge in [0.05, 0.1) is 7.11 Å². The molecule has 0 radical (unpaired) electrons. The van der Waals surface area contributed by atoms with Gasteiger partial charge in [-0.25, -0.2) is 4.98 Å². The van der Waals surface area contributed by atoms with Crippen LogP contribution >= 0.6 is 0 Å². The number of aromatic nitrogens is 1. The van der Waals surface area contributed by atoms with Crippen LogP contribution in [0.3, 0.4) is 0 Å². The van der Waals surface area contributed by atoms with Gasteiger partial charge in [-0.1, -0.05) is 26.8 Å². The standard InChI is InChI=1S/C12H20N2O/c1-12(2,3)10(13)8-9-6-5-7-11(14-9)15-4/h5-7,10H,8,13H2,1-4H3. The Balaban J connectivity index is 2.72.